The van der Waals surface area contributed by atoms with E-state index in [1.807, 2.05) is 44.3 Å². The number of pyridine rings is 1. The first-order valence-electron chi connectivity index (χ1n) is 8.11. The molecular formula is C18H17N7O. The first kappa shape index (κ1) is 15.9. The van der Waals surface area contributed by atoms with Gasteiger partial charge in [0.05, 0.1) is 6.20 Å². The van der Waals surface area contributed by atoms with Crippen molar-refractivity contribution in [3.05, 3.63) is 59.7 Å². The number of aromatic nitrogens is 6. The molecule has 0 spiro atoms. The van der Waals surface area contributed by atoms with Gasteiger partial charge in [0, 0.05) is 24.4 Å². The molecule has 26 heavy (non-hydrogen) atoms. The normalized spacial score (nSPS) is 11.0. The topological polar surface area (TPSA) is 90.0 Å². The Bertz CT molecular complexity index is 1130. The highest BCUT2D eigenvalue weighted by Gasteiger charge is 2.11. The maximum atomic E-state index is 12.5. The van der Waals surface area contributed by atoms with Crippen LogP contribution in [0.4, 0.5) is 5.82 Å². The van der Waals surface area contributed by atoms with Gasteiger partial charge in [-0.25, -0.2) is 9.50 Å². The van der Waals surface area contributed by atoms with Crippen LogP contribution in [0.5, 0.6) is 0 Å². The first-order chi connectivity index (χ1) is 12.5. The summed E-state index contributed by atoms with van der Waals surface area (Å²) in [6, 6.07) is 9.47. The first-order valence-corrected chi connectivity index (χ1v) is 8.11. The summed E-state index contributed by atoms with van der Waals surface area (Å²) in [5.41, 5.74) is 4.30. The Balaban J connectivity index is 1.68. The van der Waals surface area contributed by atoms with E-state index in [-0.39, 0.29) is 5.91 Å². The number of fused-ring (bicyclic) bond motifs is 1. The minimum Gasteiger partial charge on any atom is -0.304 e. The van der Waals surface area contributed by atoms with Crippen LogP contribution in [0.15, 0.2) is 42.7 Å². The highest BCUT2D eigenvalue weighted by Crippen LogP contribution is 2.23. The molecule has 0 fully saturated rings. The second-order valence-electron chi connectivity index (χ2n) is 6.15. The summed E-state index contributed by atoms with van der Waals surface area (Å²) in [7, 11) is 1.74. The summed E-state index contributed by atoms with van der Waals surface area (Å²) < 4.78 is 3.30. The standard InChI is InChI=1S/C18H17N7O/c1-11-7-15(9-25-17(11)19-12(2)22-25)13-5-4-6-14(8-13)18(26)20-16-10-24(3)23-21-16/h4-10H,1-3H3,(H,20,26). The lowest BCUT2D eigenvalue weighted by Crippen LogP contribution is -2.12. The van der Waals surface area contributed by atoms with Gasteiger partial charge in [0.2, 0.25) is 0 Å². The van der Waals surface area contributed by atoms with Crippen LogP contribution in [0.2, 0.25) is 0 Å². The Labute approximate surface area is 149 Å². The Kier molecular flexibility index (Phi) is 3.72. The van der Waals surface area contributed by atoms with E-state index in [0.717, 1.165) is 28.2 Å². The smallest absolute Gasteiger partial charge is 0.256 e. The van der Waals surface area contributed by atoms with Crippen molar-refractivity contribution in [3.8, 4) is 11.1 Å². The predicted octanol–water partition coefficient (Wildman–Crippen LogP) is 2.39. The molecule has 0 unspecified atom stereocenters. The molecule has 0 aliphatic carbocycles. The number of aryl methyl sites for hydroxylation is 3. The van der Waals surface area contributed by atoms with Crippen molar-refractivity contribution in [3.63, 3.8) is 0 Å². The summed E-state index contributed by atoms with van der Waals surface area (Å²) in [6.45, 7) is 3.86. The van der Waals surface area contributed by atoms with Crippen molar-refractivity contribution in [2.75, 3.05) is 5.32 Å². The molecule has 1 amide bonds. The number of nitrogens with one attached hydrogen (secondary N) is 1. The highest BCUT2D eigenvalue weighted by atomic mass is 16.1. The molecule has 0 saturated carbocycles. The van der Waals surface area contributed by atoms with Crippen LogP contribution in [-0.4, -0.2) is 35.5 Å². The van der Waals surface area contributed by atoms with Gasteiger partial charge in [0.15, 0.2) is 11.5 Å². The summed E-state index contributed by atoms with van der Waals surface area (Å²) in [4.78, 5) is 16.9. The highest BCUT2D eigenvalue weighted by molar-refractivity contribution is 6.04. The van der Waals surface area contributed by atoms with Gasteiger partial charge in [-0.3, -0.25) is 9.48 Å². The lowest BCUT2D eigenvalue weighted by atomic mass is 10.0. The zero-order valence-corrected chi connectivity index (χ0v) is 14.6. The minimum absolute atomic E-state index is 0.234. The molecule has 3 heterocycles. The fraction of sp³-hybridized carbons (Fsp3) is 0.167. The fourth-order valence-electron chi connectivity index (χ4n) is 2.85. The summed E-state index contributed by atoms with van der Waals surface area (Å²) in [5.74, 6) is 0.905. The van der Waals surface area contributed by atoms with Crippen molar-refractivity contribution >= 4 is 17.4 Å². The number of amides is 1. The monoisotopic (exact) mass is 347 g/mol. The van der Waals surface area contributed by atoms with E-state index in [1.54, 1.807) is 23.8 Å². The van der Waals surface area contributed by atoms with Crippen LogP contribution < -0.4 is 5.32 Å². The van der Waals surface area contributed by atoms with Crippen molar-refractivity contribution in [2.45, 2.75) is 13.8 Å². The van der Waals surface area contributed by atoms with Crippen LogP contribution in [0.1, 0.15) is 21.7 Å². The van der Waals surface area contributed by atoms with Crippen LogP contribution in [0.25, 0.3) is 16.8 Å². The van der Waals surface area contributed by atoms with E-state index < -0.39 is 0 Å². The molecule has 1 N–H and O–H groups in total. The molecule has 0 saturated heterocycles. The molecular weight excluding hydrogens is 330 g/mol. The van der Waals surface area contributed by atoms with E-state index in [0.29, 0.717) is 11.4 Å². The van der Waals surface area contributed by atoms with Crippen molar-refractivity contribution in [1.82, 2.24) is 29.6 Å². The summed E-state index contributed by atoms with van der Waals surface area (Å²) in [6.07, 6.45) is 3.56. The average molecular weight is 347 g/mol. The van der Waals surface area contributed by atoms with Gasteiger partial charge in [-0.1, -0.05) is 17.3 Å². The fourth-order valence-corrected chi connectivity index (χ4v) is 2.85. The molecule has 8 heteroatoms. The number of nitrogens with zero attached hydrogens (tertiary/aromatic N) is 6. The molecule has 0 atom stereocenters. The lowest BCUT2D eigenvalue weighted by Gasteiger charge is -2.07. The number of hydrogen-bond acceptors (Lipinski definition) is 5. The average Bonchev–Trinajstić information content (AvgIpc) is 3.20. The van der Waals surface area contributed by atoms with E-state index in [4.69, 9.17) is 0 Å². The molecule has 0 aliphatic heterocycles. The van der Waals surface area contributed by atoms with E-state index >= 15 is 0 Å². The Hall–Kier alpha value is -3.55. The van der Waals surface area contributed by atoms with E-state index in [1.165, 1.54) is 4.68 Å². The minimum atomic E-state index is -0.234. The molecule has 4 aromatic rings. The third-order valence-corrected chi connectivity index (χ3v) is 4.03. The van der Waals surface area contributed by atoms with Gasteiger partial charge in [-0.15, -0.1) is 5.10 Å². The van der Waals surface area contributed by atoms with Gasteiger partial charge < -0.3 is 5.32 Å². The van der Waals surface area contributed by atoms with Gasteiger partial charge in [0.1, 0.15) is 5.82 Å². The van der Waals surface area contributed by atoms with Gasteiger partial charge in [-0.2, -0.15) is 5.10 Å². The Morgan fingerprint density at radius 3 is 2.73 bits per heavy atom. The number of carbonyl (C=O) groups is 1. The van der Waals surface area contributed by atoms with Crippen molar-refractivity contribution in [1.29, 1.82) is 0 Å². The van der Waals surface area contributed by atoms with Crippen LogP contribution in [-0.2, 0) is 7.05 Å². The van der Waals surface area contributed by atoms with E-state index in [9.17, 15) is 4.79 Å². The molecule has 0 radical (unpaired) electrons. The van der Waals surface area contributed by atoms with Crippen molar-refractivity contribution < 1.29 is 4.79 Å². The number of carbonyl (C=O) groups excluding carboxylic acids is 1. The van der Waals surface area contributed by atoms with Crippen LogP contribution in [0.3, 0.4) is 0 Å². The van der Waals surface area contributed by atoms with Crippen LogP contribution in [0, 0.1) is 13.8 Å². The number of anilines is 1. The maximum absolute atomic E-state index is 12.5. The molecule has 0 aliphatic rings. The zero-order chi connectivity index (χ0) is 18.3. The molecule has 0 bridgehead atoms. The SMILES string of the molecule is Cc1nc2c(C)cc(-c3cccc(C(=O)Nc4cn(C)nn4)c3)cn2n1. The van der Waals surface area contributed by atoms with Crippen molar-refractivity contribution in [2.24, 2.45) is 7.05 Å². The molecule has 130 valence electrons. The largest absolute Gasteiger partial charge is 0.304 e. The predicted molar refractivity (Wildman–Crippen MR) is 96.9 cm³/mol. The quantitative estimate of drug-likeness (QED) is 0.614. The third kappa shape index (κ3) is 2.92. The number of rotatable bonds is 3. The Morgan fingerprint density at radius 1 is 1.12 bits per heavy atom. The molecule has 8 nitrogen and oxygen atoms in total. The molecule has 4 rings (SSSR count). The Morgan fingerprint density at radius 2 is 1.96 bits per heavy atom. The molecule has 1 aromatic carbocycles. The van der Waals surface area contributed by atoms with Gasteiger partial charge in [-0.05, 0) is 43.2 Å². The molecule has 3 aromatic heterocycles. The van der Waals surface area contributed by atoms with Crippen LogP contribution >= 0.6 is 0 Å². The maximum Gasteiger partial charge on any atom is 0.256 e. The third-order valence-electron chi connectivity index (χ3n) is 4.03. The number of benzene rings is 1. The summed E-state index contributed by atoms with van der Waals surface area (Å²) >= 11 is 0. The summed E-state index contributed by atoms with van der Waals surface area (Å²) in [5, 5.41) is 14.8. The van der Waals surface area contributed by atoms with E-state index in [2.05, 4.69) is 25.7 Å². The van der Waals surface area contributed by atoms with Gasteiger partial charge >= 0.3 is 0 Å². The second-order valence-corrected chi connectivity index (χ2v) is 6.15. The lowest BCUT2D eigenvalue weighted by molar-refractivity contribution is 0.102. The van der Waals surface area contributed by atoms with Gasteiger partial charge in [0.25, 0.3) is 5.91 Å². The second kappa shape index (κ2) is 6.07. The number of hydrogen-bond donors (Lipinski definition) is 1. The zero-order valence-electron chi connectivity index (χ0n) is 14.6.